The lowest BCUT2D eigenvalue weighted by Gasteiger charge is -2.19. The third-order valence-electron chi connectivity index (χ3n) is 2.36. The minimum absolute atomic E-state index is 0.170. The topological polar surface area (TPSA) is 71.4 Å². The molecule has 1 rings (SSSR count). The Morgan fingerprint density at radius 2 is 1.65 bits per heavy atom. The highest BCUT2D eigenvalue weighted by Gasteiger charge is 2.14. The third-order valence-corrected chi connectivity index (χ3v) is 4.59. The fourth-order valence-electron chi connectivity index (χ4n) is 1.38. The Morgan fingerprint density at radius 3 is 2.00 bits per heavy atom. The number of hydrogen-bond acceptors (Lipinski definition) is 5. The van der Waals surface area contributed by atoms with Gasteiger partial charge in [-0.05, 0) is 42.2 Å². The molecule has 0 N–H and O–H groups in total. The van der Waals surface area contributed by atoms with Crippen LogP contribution < -0.4 is 0 Å². The van der Waals surface area contributed by atoms with Gasteiger partial charge >= 0.3 is 0 Å². The summed E-state index contributed by atoms with van der Waals surface area (Å²) in [6.07, 6.45) is 1.05. The van der Waals surface area contributed by atoms with Gasteiger partial charge in [-0.25, -0.2) is 0 Å². The van der Waals surface area contributed by atoms with E-state index in [1.165, 1.54) is 12.4 Å². The number of methoxy groups -OCH3 is 2. The van der Waals surface area contributed by atoms with E-state index in [0.29, 0.717) is 4.47 Å². The molecular formula is C14H24BrN3O4S. The number of hydrogen-bond donors (Lipinski definition) is 0. The highest BCUT2D eigenvalue weighted by atomic mass is 79.9. The molecule has 0 aliphatic heterocycles. The van der Waals surface area contributed by atoms with Crippen LogP contribution in [-0.4, -0.2) is 73.4 Å². The molecule has 0 saturated heterocycles. The standard InChI is InChI=1S/C9H11BrN2O2S.C5H13NO2/c1-12(2)7-11-15(13,14)9-6-4-3-5-8(9)10;1-6(2)5(7-3)8-4/h3-7H,1-2H3;5H,1-4H3. The van der Waals surface area contributed by atoms with Gasteiger partial charge in [-0.15, -0.1) is 4.40 Å². The Morgan fingerprint density at radius 1 is 1.13 bits per heavy atom. The van der Waals surface area contributed by atoms with E-state index in [4.69, 9.17) is 9.47 Å². The first-order chi connectivity index (χ1) is 10.7. The normalized spacial score (nSPS) is 11.7. The summed E-state index contributed by atoms with van der Waals surface area (Å²) in [6.45, 7) is 0. The highest BCUT2D eigenvalue weighted by molar-refractivity contribution is 9.10. The zero-order chi connectivity index (χ0) is 18.0. The van der Waals surface area contributed by atoms with E-state index in [1.54, 1.807) is 51.4 Å². The van der Waals surface area contributed by atoms with Crippen LogP contribution in [0.2, 0.25) is 0 Å². The summed E-state index contributed by atoms with van der Waals surface area (Å²) >= 11 is 3.17. The Bertz CT molecular complexity index is 587. The molecule has 0 atom stereocenters. The molecule has 0 fully saturated rings. The number of rotatable bonds is 6. The first-order valence-electron chi connectivity index (χ1n) is 6.59. The van der Waals surface area contributed by atoms with Crippen molar-refractivity contribution in [3.8, 4) is 0 Å². The van der Waals surface area contributed by atoms with Crippen molar-refractivity contribution in [2.24, 2.45) is 4.40 Å². The van der Waals surface area contributed by atoms with Gasteiger partial charge in [-0.2, -0.15) is 8.42 Å². The minimum atomic E-state index is -3.61. The summed E-state index contributed by atoms with van der Waals surface area (Å²) in [5, 5.41) is 0. The summed E-state index contributed by atoms with van der Waals surface area (Å²) in [5.74, 6) is 0. The van der Waals surface area contributed by atoms with Gasteiger partial charge in [-0.3, -0.25) is 4.90 Å². The molecule has 0 bridgehead atoms. The average Bonchev–Trinajstić information content (AvgIpc) is 2.47. The number of ether oxygens (including phenoxy) is 2. The summed E-state index contributed by atoms with van der Waals surface area (Å²) in [7, 11) is 6.79. The van der Waals surface area contributed by atoms with E-state index in [0.717, 1.165) is 0 Å². The van der Waals surface area contributed by atoms with Crippen LogP contribution in [0.3, 0.4) is 0 Å². The molecule has 7 nitrogen and oxygen atoms in total. The fraction of sp³-hybridized carbons (Fsp3) is 0.500. The predicted molar refractivity (Wildman–Crippen MR) is 95.0 cm³/mol. The molecule has 0 amide bonds. The van der Waals surface area contributed by atoms with Crippen molar-refractivity contribution in [3.63, 3.8) is 0 Å². The quantitative estimate of drug-likeness (QED) is 0.405. The smallest absolute Gasteiger partial charge is 0.284 e. The first-order valence-corrected chi connectivity index (χ1v) is 8.82. The average molecular weight is 410 g/mol. The van der Waals surface area contributed by atoms with Crippen molar-refractivity contribution in [2.45, 2.75) is 11.3 Å². The van der Waals surface area contributed by atoms with E-state index in [-0.39, 0.29) is 11.3 Å². The maximum atomic E-state index is 11.7. The SMILES string of the molecule is CN(C)C=NS(=O)(=O)c1ccccc1Br.COC(OC)N(C)C. The van der Waals surface area contributed by atoms with Gasteiger partial charge in [0.25, 0.3) is 10.0 Å². The Hall–Kier alpha value is -1.00. The second kappa shape index (κ2) is 10.7. The maximum Gasteiger partial charge on any atom is 0.284 e. The Kier molecular flexibility index (Phi) is 10.2. The second-order valence-electron chi connectivity index (χ2n) is 4.83. The van der Waals surface area contributed by atoms with E-state index < -0.39 is 10.0 Å². The van der Waals surface area contributed by atoms with E-state index in [2.05, 4.69) is 20.3 Å². The largest absolute Gasteiger partial charge is 0.368 e. The minimum Gasteiger partial charge on any atom is -0.368 e. The summed E-state index contributed by atoms with van der Waals surface area (Å²) in [5.41, 5.74) is 0. The van der Waals surface area contributed by atoms with Crippen molar-refractivity contribution in [3.05, 3.63) is 28.7 Å². The van der Waals surface area contributed by atoms with Gasteiger partial charge in [0, 0.05) is 32.8 Å². The van der Waals surface area contributed by atoms with Crippen LogP contribution in [0.1, 0.15) is 0 Å². The van der Waals surface area contributed by atoms with Gasteiger partial charge in [-0.1, -0.05) is 12.1 Å². The van der Waals surface area contributed by atoms with Crippen molar-refractivity contribution in [2.75, 3.05) is 42.4 Å². The van der Waals surface area contributed by atoms with Crippen LogP contribution in [-0.2, 0) is 19.5 Å². The molecule has 0 heterocycles. The lowest BCUT2D eigenvalue weighted by atomic mass is 10.4. The lowest BCUT2D eigenvalue weighted by molar-refractivity contribution is -0.179. The van der Waals surface area contributed by atoms with Crippen LogP contribution in [0.4, 0.5) is 0 Å². The van der Waals surface area contributed by atoms with Gasteiger partial charge < -0.3 is 14.4 Å². The van der Waals surface area contributed by atoms with Crippen molar-refractivity contribution in [1.29, 1.82) is 0 Å². The van der Waals surface area contributed by atoms with E-state index in [1.807, 2.05) is 19.0 Å². The van der Waals surface area contributed by atoms with Crippen LogP contribution in [0.5, 0.6) is 0 Å². The third kappa shape index (κ3) is 8.42. The van der Waals surface area contributed by atoms with Crippen LogP contribution >= 0.6 is 15.9 Å². The lowest BCUT2D eigenvalue weighted by Crippen LogP contribution is -2.30. The van der Waals surface area contributed by atoms with Crippen molar-refractivity contribution >= 4 is 32.3 Å². The summed E-state index contributed by atoms with van der Waals surface area (Å²) in [4.78, 5) is 3.57. The van der Waals surface area contributed by atoms with Gasteiger partial charge in [0.2, 0.25) is 6.41 Å². The molecule has 23 heavy (non-hydrogen) atoms. The van der Waals surface area contributed by atoms with Gasteiger partial charge in [0.1, 0.15) is 11.2 Å². The van der Waals surface area contributed by atoms with Crippen molar-refractivity contribution in [1.82, 2.24) is 9.80 Å². The Balaban J connectivity index is 0.000000515. The molecule has 9 heteroatoms. The zero-order valence-corrected chi connectivity index (χ0v) is 16.6. The number of sulfonamides is 1. The van der Waals surface area contributed by atoms with Crippen LogP contribution in [0, 0.1) is 0 Å². The predicted octanol–water partition coefficient (Wildman–Crippen LogP) is 1.85. The fourth-order valence-corrected chi connectivity index (χ4v) is 3.27. The monoisotopic (exact) mass is 409 g/mol. The van der Waals surface area contributed by atoms with Crippen molar-refractivity contribution < 1.29 is 17.9 Å². The van der Waals surface area contributed by atoms with E-state index in [9.17, 15) is 8.42 Å². The van der Waals surface area contributed by atoms with Crippen LogP contribution in [0.25, 0.3) is 0 Å². The maximum absolute atomic E-state index is 11.7. The molecule has 1 aromatic carbocycles. The molecule has 0 aliphatic carbocycles. The van der Waals surface area contributed by atoms with Crippen LogP contribution in [0.15, 0.2) is 38.0 Å². The van der Waals surface area contributed by atoms with E-state index >= 15 is 0 Å². The summed E-state index contributed by atoms with van der Waals surface area (Å²) < 4.78 is 37.2. The molecule has 0 spiro atoms. The number of nitrogens with zero attached hydrogens (tertiary/aromatic N) is 3. The van der Waals surface area contributed by atoms with Gasteiger partial charge in [0.15, 0.2) is 0 Å². The Labute approximate surface area is 147 Å². The second-order valence-corrected chi connectivity index (χ2v) is 7.29. The number of benzene rings is 1. The number of halogens is 1. The zero-order valence-electron chi connectivity index (χ0n) is 14.2. The highest BCUT2D eigenvalue weighted by Crippen LogP contribution is 2.22. The molecular weight excluding hydrogens is 386 g/mol. The molecule has 0 aliphatic rings. The molecule has 0 aromatic heterocycles. The van der Waals surface area contributed by atoms with Gasteiger partial charge in [0.05, 0.1) is 0 Å². The summed E-state index contributed by atoms with van der Waals surface area (Å²) in [6, 6.07) is 6.58. The molecule has 0 unspecified atom stereocenters. The molecule has 0 radical (unpaired) electrons. The first kappa shape index (κ1) is 22.0. The molecule has 1 aromatic rings. The molecule has 132 valence electrons. The molecule has 0 saturated carbocycles.